The monoisotopic (exact) mass is 239 g/mol. The molecule has 2 heterocycles. The summed E-state index contributed by atoms with van der Waals surface area (Å²) in [5.74, 6) is 4.37. The number of likely N-dealkylation sites (tertiary alicyclic amines) is 1. The van der Waals surface area contributed by atoms with Crippen molar-refractivity contribution in [2.75, 3.05) is 19.6 Å². The average molecular weight is 239 g/mol. The summed E-state index contributed by atoms with van der Waals surface area (Å²) in [6, 6.07) is 8.20. The summed E-state index contributed by atoms with van der Waals surface area (Å²) in [5, 5.41) is 0. The van der Waals surface area contributed by atoms with Crippen LogP contribution in [0, 0.1) is 12.3 Å². The van der Waals surface area contributed by atoms with Crippen molar-refractivity contribution in [3.8, 4) is 12.3 Å². The molecule has 1 saturated heterocycles. The number of fused-ring (bicyclic) bond motifs is 1. The molecular weight excluding hydrogens is 222 g/mol. The van der Waals surface area contributed by atoms with Gasteiger partial charge in [0.2, 0.25) is 0 Å². The van der Waals surface area contributed by atoms with Crippen LogP contribution < -0.4 is 0 Å². The number of imidazole rings is 1. The lowest BCUT2D eigenvalue weighted by atomic mass is 9.99. The van der Waals surface area contributed by atoms with Crippen molar-refractivity contribution in [1.82, 2.24) is 14.9 Å². The number of para-hydroxylation sites is 2. The molecule has 1 N–H and O–H groups in total. The van der Waals surface area contributed by atoms with E-state index in [0.717, 1.165) is 49.3 Å². The second-order valence-electron chi connectivity index (χ2n) is 4.90. The fourth-order valence-corrected chi connectivity index (χ4v) is 2.50. The van der Waals surface area contributed by atoms with Gasteiger partial charge in [-0.2, -0.15) is 0 Å². The molecule has 0 aliphatic carbocycles. The minimum Gasteiger partial charge on any atom is -0.342 e. The van der Waals surface area contributed by atoms with Gasteiger partial charge < -0.3 is 9.88 Å². The third-order valence-electron chi connectivity index (χ3n) is 3.55. The van der Waals surface area contributed by atoms with Gasteiger partial charge in [0.05, 0.1) is 11.0 Å². The zero-order valence-electron chi connectivity index (χ0n) is 10.4. The summed E-state index contributed by atoms with van der Waals surface area (Å²) in [5.41, 5.74) is 2.21. The van der Waals surface area contributed by atoms with Crippen molar-refractivity contribution in [2.45, 2.75) is 18.8 Å². The fourth-order valence-electron chi connectivity index (χ4n) is 2.50. The Morgan fingerprint density at radius 1 is 1.39 bits per heavy atom. The van der Waals surface area contributed by atoms with Crippen molar-refractivity contribution in [3.63, 3.8) is 0 Å². The van der Waals surface area contributed by atoms with E-state index in [2.05, 4.69) is 32.9 Å². The van der Waals surface area contributed by atoms with Gasteiger partial charge in [0.25, 0.3) is 0 Å². The predicted molar refractivity (Wildman–Crippen MR) is 73.3 cm³/mol. The number of aromatic amines is 1. The molecule has 1 aliphatic rings. The first-order chi connectivity index (χ1) is 8.86. The van der Waals surface area contributed by atoms with Gasteiger partial charge in [-0.15, -0.1) is 12.3 Å². The Hall–Kier alpha value is -1.79. The summed E-state index contributed by atoms with van der Waals surface area (Å²) in [6.45, 7) is 3.32. The van der Waals surface area contributed by atoms with Crippen molar-refractivity contribution in [1.29, 1.82) is 0 Å². The molecule has 18 heavy (non-hydrogen) atoms. The van der Waals surface area contributed by atoms with Gasteiger partial charge in [-0.05, 0) is 25.1 Å². The van der Waals surface area contributed by atoms with Crippen LogP contribution in [0.25, 0.3) is 11.0 Å². The fraction of sp³-hybridized carbons (Fsp3) is 0.400. The maximum Gasteiger partial charge on any atom is 0.112 e. The number of benzene rings is 1. The highest BCUT2D eigenvalue weighted by molar-refractivity contribution is 5.74. The molecule has 0 radical (unpaired) electrons. The number of nitrogens with one attached hydrogen (secondary N) is 1. The number of hydrogen-bond donors (Lipinski definition) is 1. The van der Waals surface area contributed by atoms with E-state index in [1.807, 2.05) is 12.1 Å². The topological polar surface area (TPSA) is 31.9 Å². The van der Waals surface area contributed by atoms with E-state index in [9.17, 15) is 0 Å². The molecule has 0 unspecified atom stereocenters. The van der Waals surface area contributed by atoms with Crippen LogP contribution in [-0.2, 0) is 0 Å². The summed E-state index contributed by atoms with van der Waals surface area (Å²) >= 11 is 0. The lowest BCUT2D eigenvalue weighted by Crippen LogP contribution is -2.45. The van der Waals surface area contributed by atoms with Crippen LogP contribution in [0.1, 0.15) is 24.6 Å². The van der Waals surface area contributed by atoms with Gasteiger partial charge in [-0.3, -0.25) is 0 Å². The molecular formula is C15H17N3. The van der Waals surface area contributed by atoms with E-state index >= 15 is 0 Å². The zero-order chi connectivity index (χ0) is 12.4. The normalized spacial score (nSPS) is 16.6. The molecule has 0 bridgehead atoms. The van der Waals surface area contributed by atoms with Crippen LogP contribution >= 0.6 is 0 Å². The van der Waals surface area contributed by atoms with Gasteiger partial charge in [-0.1, -0.05) is 12.1 Å². The molecule has 92 valence electrons. The van der Waals surface area contributed by atoms with E-state index in [-0.39, 0.29) is 0 Å². The number of terminal acetylenes is 1. The largest absolute Gasteiger partial charge is 0.342 e. The van der Waals surface area contributed by atoms with E-state index < -0.39 is 0 Å². The maximum absolute atomic E-state index is 5.25. The Balaban J connectivity index is 1.59. The summed E-state index contributed by atoms with van der Waals surface area (Å²) in [7, 11) is 0. The lowest BCUT2D eigenvalue weighted by molar-refractivity contribution is 0.143. The highest BCUT2D eigenvalue weighted by Crippen LogP contribution is 2.26. The number of H-pyrrole nitrogens is 1. The van der Waals surface area contributed by atoms with Gasteiger partial charge in [0.15, 0.2) is 0 Å². The summed E-state index contributed by atoms with van der Waals surface area (Å²) in [6.07, 6.45) is 7.23. The molecule has 0 saturated carbocycles. The number of nitrogens with zero attached hydrogens (tertiary/aromatic N) is 2. The van der Waals surface area contributed by atoms with Gasteiger partial charge >= 0.3 is 0 Å². The third kappa shape index (κ3) is 2.12. The van der Waals surface area contributed by atoms with E-state index in [0.29, 0.717) is 5.92 Å². The minimum absolute atomic E-state index is 0.559. The Morgan fingerprint density at radius 3 is 3.00 bits per heavy atom. The highest BCUT2D eigenvalue weighted by atomic mass is 15.2. The molecule has 1 aromatic heterocycles. The Bertz CT molecular complexity index is 540. The SMILES string of the molecule is C#CCCCN1CC(c2nc3ccccc3[nH]2)C1. The van der Waals surface area contributed by atoms with Crippen LogP contribution in [0.5, 0.6) is 0 Å². The lowest BCUT2D eigenvalue weighted by Gasteiger charge is -2.38. The maximum atomic E-state index is 5.25. The number of aromatic nitrogens is 2. The standard InChI is InChI=1S/C15H17N3/c1-2-3-6-9-18-10-12(11-18)15-16-13-7-4-5-8-14(13)17-15/h1,4-5,7-8,12H,3,6,9-11H2,(H,16,17). The summed E-state index contributed by atoms with van der Waals surface area (Å²) in [4.78, 5) is 10.5. The second kappa shape index (κ2) is 4.83. The molecule has 2 aromatic rings. The Labute approximate surface area is 107 Å². The van der Waals surface area contributed by atoms with E-state index in [1.165, 1.54) is 0 Å². The van der Waals surface area contributed by atoms with Gasteiger partial charge in [0, 0.05) is 25.4 Å². The zero-order valence-corrected chi connectivity index (χ0v) is 10.4. The first kappa shape index (κ1) is 11.3. The third-order valence-corrected chi connectivity index (χ3v) is 3.55. The van der Waals surface area contributed by atoms with E-state index in [4.69, 9.17) is 6.42 Å². The molecule has 1 aliphatic heterocycles. The average Bonchev–Trinajstić information content (AvgIpc) is 2.75. The Morgan fingerprint density at radius 2 is 2.22 bits per heavy atom. The molecule has 0 amide bonds. The second-order valence-corrected chi connectivity index (χ2v) is 4.90. The molecule has 3 heteroatoms. The van der Waals surface area contributed by atoms with Crippen LogP contribution in [0.2, 0.25) is 0 Å². The smallest absolute Gasteiger partial charge is 0.112 e. The highest BCUT2D eigenvalue weighted by Gasteiger charge is 2.29. The van der Waals surface area contributed by atoms with Crippen molar-refractivity contribution < 1.29 is 0 Å². The van der Waals surface area contributed by atoms with Gasteiger partial charge in [0.1, 0.15) is 5.82 Å². The van der Waals surface area contributed by atoms with Crippen molar-refractivity contribution in [3.05, 3.63) is 30.1 Å². The van der Waals surface area contributed by atoms with Gasteiger partial charge in [-0.25, -0.2) is 4.98 Å². The number of unbranched alkanes of at least 4 members (excludes halogenated alkanes) is 1. The van der Waals surface area contributed by atoms with Crippen LogP contribution in [0.15, 0.2) is 24.3 Å². The molecule has 3 rings (SSSR count). The summed E-state index contributed by atoms with van der Waals surface area (Å²) < 4.78 is 0. The van der Waals surface area contributed by atoms with E-state index in [1.54, 1.807) is 0 Å². The molecule has 0 atom stereocenters. The van der Waals surface area contributed by atoms with Crippen LogP contribution in [-0.4, -0.2) is 34.5 Å². The minimum atomic E-state index is 0.559. The number of hydrogen-bond acceptors (Lipinski definition) is 2. The first-order valence-corrected chi connectivity index (χ1v) is 6.47. The molecule has 1 aromatic carbocycles. The predicted octanol–water partition coefficient (Wildman–Crippen LogP) is 2.38. The van der Waals surface area contributed by atoms with Crippen molar-refractivity contribution >= 4 is 11.0 Å². The Kier molecular flexibility index (Phi) is 3.04. The van der Waals surface area contributed by atoms with Crippen molar-refractivity contribution in [2.24, 2.45) is 0 Å². The van der Waals surface area contributed by atoms with Crippen LogP contribution in [0.4, 0.5) is 0 Å². The molecule has 1 fully saturated rings. The quantitative estimate of drug-likeness (QED) is 0.656. The first-order valence-electron chi connectivity index (χ1n) is 6.47. The molecule has 3 nitrogen and oxygen atoms in total. The van der Waals surface area contributed by atoms with Crippen LogP contribution in [0.3, 0.4) is 0 Å². The molecule has 0 spiro atoms. The number of rotatable bonds is 4.